The molecule has 0 aliphatic rings. The zero-order valence-corrected chi connectivity index (χ0v) is 10.4. The third-order valence-corrected chi connectivity index (χ3v) is 3.27. The van der Waals surface area contributed by atoms with Crippen LogP contribution in [0, 0.1) is 5.82 Å². The van der Waals surface area contributed by atoms with Crippen LogP contribution < -0.4 is 0 Å². The van der Waals surface area contributed by atoms with E-state index in [-0.39, 0.29) is 11.2 Å². The summed E-state index contributed by atoms with van der Waals surface area (Å²) in [4.78, 5) is 0. The van der Waals surface area contributed by atoms with Crippen molar-refractivity contribution >= 4 is 0 Å². The van der Waals surface area contributed by atoms with Gasteiger partial charge in [0, 0.05) is 0 Å². The molecule has 0 radical (unpaired) electrons. The van der Waals surface area contributed by atoms with Crippen LogP contribution in [0.1, 0.15) is 58.1 Å². The van der Waals surface area contributed by atoms with Crippen molar-refractivity contribution in [2.24, 2.45) is 0 Å². The predicted octanol–water partition coefficient (Wildman–Crippen LogP) is 4.64. The molecule has 0 fully saturated rings. The van der Waals surface area contributed by atoms with Gasteiger partial charge in [-0.15, -0.1) is 0 Å². The highest BCUT2D eigenvalue weighted by Crippen LogP contribution is 2.30. The van der Waals surface area contributed by atoms with Gasteiger partial charge in [0.2, 0.25) is 0 Å². The molecule has 0 aliphatic carbocycles. The number of hydrogen-bond acceptors (Lipinski definition) is 0. The van der Waals surface area contributed by atoms with E-state index >= 15 is 0 Å². The van der Waals surface area contributed by atoms with Gasteiger partial charge in [0.05, 0.1) is 0 Å². The third kappa shape index (κ3) is 2.58. The Hall–Kier alpha value is -0.850. The average molecular weight is 208 g/mol. The molecule has 0 saturated carbocycles. The molecule has 0 atom stereocenters. The van der Waals surface area contributed by atoms with Crippen LogP contribution in [0.25, 0.3) is 0 Å². The second kappa shape index (κ2) is 4.34. The maximum absolute atomic E-state index is 13.9. The van der Waals surface area contributed by atoms with Gasteiger partial charge in [-0.05, 0) is 34.9 Å². The van der Waals surface area contributed by atoms with E-state index in [1.54, 1.807) is 6.07 Å². The molecule has 1 aromatic rings. The van der Waals surface area contributed by atoms with Gasteiger partial charge >= 0.3 is 0 Å². The first-order valence-electron chi connectivity index (χ1n) is 5.68. The summed E-state index contributed by atoms with van der Waals surface area (Å²) in [5, 5.41) is 0. The molecule has 0 saturated heterocycles. The van der Waals surface area contributed by atoms with Crippen LogP contribution in [0.15, 0.2) is 18.2 Å². The highest BCUT2D eigenvalue weighted by atomic mass is 19.1. The molecule has 0 aromatic heterocycles. The van der Waals surface area contributed by atoms with E-state index in [1.165, 1.54) is 0 Å². The topological polar surface area (TPSA) is 0 Å². The molecular weight excluding hydrogens is 187 g/mol. The van der Waals surface area contributed by atoms with Crippen molar-refractivity contribution in [1.82, 2.24) is 0 Å². The summed E-state index contributed by atoms with van der Waals surface area (Å²) in [5.74, 6) is 0.325. The molecule has 84 valence electrons. The summed E-state index contributed by atoms with van der Waals surface area (Å²) in [6, 6.07) is 5.66. The molecule has 0 nitrogen and oxygen atoms in total. The first-order chi connectivity index (χ1) is 6.88. The third-order valence-electron chi connectivity index (χ3n) is 3.27. The van der Waals surface area contributed by atoms with E-state index in [0.717, 1.165) is 17.5 Å². The summed E-state index contributed by atoms with van der Waals surface area (Å²) in [6.07, 6.45) is 0.949. The summed E-state index contributed by atoms with van der Waals surface area (Å²) < 4.78 is 13.9. The molecule has 15 heavy (non-hydrogen) atoms. The molecule has 0 heterocycles. The molecule has 0 spiro atoms. The van der Waals surface area contributed by atoms with Crippen LogP contribution in [-0.2, 0) is 5.41 Å². The van der Waals surface area contributed by atoms with Gasteiger partial charge in [0.15, 0.2) is 0 Å². The zero-order chi connectivity index (χ0) is 11.6. The monoisotopic (exact) mass is 208 g/mol. The van der Waals surface area contributed by atoms with E-state index in [1.807, 2.05) is 12.1 Å². The minimum atomic E-state index is -0.0698. The molecule has 0 aliphatic heterocycles. The van der Waals surface area contributed by atoms with Gasteiger partial charge in [-0.3, -0.25) is 0 Å². The summed E-state index contributed by atoms with van der Waals surface area (Å²) in [7, 11) is 0. The van der Waals surface area contributed by atoms with Gasteiger partial charge in [0.1, 0.15) is 5.82 Å². The average Bonchev–Trinajstić information content (AvgIpc) is 2.17. The number of benzene rings is 1. The van der Waals surface area contributed by atoms with Crippen LogP contribution in [-0.4, -0.2) is 0 Å². The SMILES string of the molecule is CCC(C)(C)c1ccc(C(C)C)cc1F. The van der Waals surface area contributed by atoms with Crippen molar-refractivity contribution in [2.45, 2.75) is 52.4 Å². The van der Waals surface area contributed by atoms with Crippen LogP contribution >= 0.6 is 0 Å². The Labute approximate surface area is 92.5 Å². The van der Waals surface area contributed by atoms with Crippen molar-refractivity contribution in [1.29, 1.82) is 0 Å². The Bertz CT molecular complexity index is 337. The molecule has 1 heteroatoms. The van der Waals surface area contributed by atoms with Crippen molar-refractivity contribution in [3.05, 3.63) is 35.1 Å². The standard InChI is InChI=1S/C14H21F/c1-6-14(4,5)12-8-7-11(10(2)3)9-13(12)15/h7-10H,6H2,1-5H3. The zero-order valence-electron chi connectivity index (χ0n) is 10.4. The fraction of sp³-hybridized carbons (Fsp3) is 0.571. The molecule has 0 unspecified atom stereocenters. The Morgan fingerprint density at radius 3 is 2.27 bits per heavy atom. The Morgan fingerprint density at radius 1 is 1.27 bits per heavy atom. The summed E-state index contributed by atoms with van der Waals surface area (Å²) in [6.45, 7) is 10.4. The lowest BCUT2D eigenvalue weighted by molar-refractivity contribution is 0.468. The van der Waals surface area contributed by atoms with Crippen LogP contribution in [0.2, 0.25) is 0 Å². The lowest BCUT2D eigenvalue weighted by Gasteiger charge is -2.24. The van der Waals surface area contributed by atoms with E-state index in [0.29, 0.717) is 5.92 Å². The van der Waals surface area contributed by atoms with Crippen molar-refractivity contribution in [3.63, 3.8) is 0 Å². The van der Waals surface area contributed by atoms with Crippen LogP contribution in [0.3, 0.4) is 0 Å². The second-order valence-electron chi connectivity index (χ2n) is 5.13. The van der Waals surface area contributed by atoms with Crippen molar-refractivity contribution in [2.75, 3.05) is 0 Å². The quantitative estimate of drug-likeness (QED) is 0.679. The Kier molecular flexibility index (Phi) is 3.54. The largest absolute Gasteiger partial charge is 0.207 e. The number of halogens is 1. The highest BCUT2D eigenvalue weighted by molar-refractivity contribution is 5.31. The van der Waals surface area contributed by atoms with E-state index in [2.05, 4.69) is 34.6 Å². The molecular formula is C14H21F. The summed E-state index contributed by atoms with van der Waals surface area (Å²) >= 11 is 0. The Morgan fingerprint density at radius 2 is 1.87 bits per heavy atom. The lowest BCUT2D eigenvalue weighted by Crippen LogP contribution is -2.17. The Balaban J connectivity index is 3.14. The van der Waals surface area contributed by atoms with Gasteiger partial charge < -0.3 is 0 Å². The second-order valence-corrected chi connectivity index (χ2v) is 5.13. The fourth-order valence-electron chi connectivity index (χ4n) is 1.63. The first-order valence-corrected chi connectivity index (χ1v) is 5.68. The smallest absolute Gasteiger partial charge is 0.127 e. The molecule has 1 aromatic carbocycles. The maximum Gasteiger partial charge on any atom is 0.127 e. The minimum Gasteiger partial charge on any atom is -0.207 e. The van der Waals surface area contributed by atoms with Crippen LogP contribution in [0.5, 0.6) is 0 Å². The molecule has 0 amide bonds. The predicted molar refractivity (Wildman–Crippen MR) is 63.8 cm³/mol. The summed E-state index contributed by atoms with van der Waals surface area (Å²) in [5.41, 5.74) is 1.83. The molecule has 1 rings (SSSR count). The molecule has 0 bridgehead atoms. The van der Waals surface area contributed by atoms with Gasteiger partial charge in [0.25, 0.3) is 0 Å². The fourth-order valence-corrected chi connectivity index (χ4v) is 1.63. The van der Waals surface area contributed by atoms with Crippen molar-refractivity contribution in [3.8, 4) is 0 Å². The minimum absolute atomic E-state index is 0.0620. The van der Waals surface area contributed by atoms with E-state index in [4.69, 9.17) is 0 Å². The normalized spacial score (nSPS) is 12.2. The van der Waals surface area contributed by atoms with E-state index in [9.17, 15) is 4.39 Å². The van der Waals surface area contributed by atoms with Crippen LogP contribution in [0.4, 0.5) is 4.39 Å². The first kappa shape index (κ1) is 12.2. The van der Waals surface area contributed by atoms with E-state index < -0.39 is 0 Å². The van der Waals surface area contributed by atoms with Gasteiger partial charge in [-0.25, -0.2) is 4.39 Å². The number of rotatable bonds is 3. The van der Waals surface area contributed by atoms with Gasteiger partial charge in [-0.1, -0.05) is 46.8 Å². The maximum atomic E-state index is 13.9. The highest BCUT2D eigenvalue weighted by Gasteiger charge is 2.22. The van der Waals surface area contributed by atoms with Gasteiger partial charge in [-0.2, -0.15) is 0 Å². The lowest BCUT2D eigenvalue weighted by atomic mass is 9.81. The number of hydrogen-bond donors (Lipinski definition) is 0. The molecule has 0 N–H and O–H groups in total. The van der Waals surface area contributed by atoms with Crippen molar-refractivity contribution < 1.29 is 4.39 Å².